The number of fused-ring (bicyclic) bond motifs is 1. The molecule has 0 spiro atoms. The molecule has 0 bridgehead atoms. The van der Waals surface area contributed by atoms with Crippen LogP contribution < -0.4 is 5.32 Å². The molecule has 1 aliphatic carbocycles. The summed E-state index contributed by atoms with van der Waals surface area (Å²) in [7, 11) is 0. The molecule has 1 aliphatic heterocycles. The molecule has 86 valence electrons. The van der Waals surface area contributed by atoms with E-state index in [1.165, 1.54) is 44.3 Å². The monoisotopic (exact) mass is 217 g/mol. The van der Waals surface area contributed by atoms with Gasteiger partial charge in [-0.05, 0) is 55.7 Å². The maximum Gasteiger partial charge on any atom is 0.115 e. The van der Waals surface area contributed by atoms with Crippen molar-refractivity contribution in [2.45, 2.75) is 25.7 Å². The average molecular weight is 217 g/mol. The summed E-state index contributed by atoms with van der Waals surface area (Å²) < 4.78 is 0. The molecule has 3 nitrogen and oxygen atoms in total. The van der Waals surface area contributed by atoms with Crippen molar-refractivity contribution in [2.24, 2.45) is 17.8 Å². The standard InChI is InChI=1S/C13H19N3/c1-2-11(4-10-5-15-9-16-6-10)13-8-14-7-12(13)3-1/h5-6,9,11-14H,1-4,7-8H2/t11-,12-,13-/m1/s1. The van der Waals surface area contributed by atoms with E-state index < -0.39 is 0 Å². The van der Waals surface area contributed by atoms with Crippen LogP contribution in [0, 0.1) is 17.8 Å². The minimum atomic E-state index is 0.847. The molecule has 1 aromatic rings. The summed E-state index contributed by atoms with van der Waals surface area (Å²) in [5.74, 6) is 2.68. The van der Waals surface area contributed by atoms with Crippen LogP contribution in [0.15, 0.2) is 18.7 Å². The molecule has 1 saturated heterocycles. The number of aromatic nitrogens is 2. The zero-order chi connectivity index (χ0) is 10.8. The van der Waals surface area contributed by atoms with Gasteiger partial charge in [-0.15, -0.1) is 0 Å². The summed E-state index contributed by atoms with van der Waals surface area (Å²) in [6.45, 7) is 2.47. The quantitative estimate of drug-likeness (QED) is 0.818. The lowest BCUT2D eigenvalue weighted by atomic mass is 9.72. The van der Waals surface area contributed by atoms with Crippen LogP contribution in [-0.4, -0.2) is 23.1 Å². The first-order valence-electron chi connectivity index (χ1n) is 6.38. The van der Waals surface area contributed by atoms with Gasteiger partial charge in [-0.3, -0.25) is 0 Å². The van der Waals surface area contributed by atoms with Crippen molar-refractivity contribution < 1.29 is 0 Å². The second-order valence-electron chi connectivity index (χ2n) is 5.22. The first-order valence-corrected chi connectivity index (χ1v) is 6.38. The third kappa shape index (κ3) is 1.96. The van der Waals surface area contributed by atoms with E-state index in [1.54, 1.807) is 6.33 Å². The number of hydrogen-bond donors (Lipinski definition) is 1. The van der Waals surface area contributed by atoms with Crippen molar-refractivity contribution in [3.8, 4) is 0 Å². The molecular formula is C13H19N3. The Morgan fingerprint density at radius 3 is 2.94 bits per heavy atom. The lowest BCUT2D eigenvalue weighted by Crippen LogP contribution is -2.28. The van der Waals surface area contributed by atoms with Crippen molar-refractivity contribution in [1.82, 2.24) is 15.3 Å². The third-order valence-corrected chi connectivity index (χ3v) is 4.26. The highest BCUT2D eigenvalue weighted by Gasteiger charge is 2.36. The van der Waals surface area contributed by atoms with Gasteiger partial charge in [0, 0.05) is 12.4 Å². The van der Waals surface area contributed by atoms with Gasteiger partial charge in [-0.25, -0.2) is 9.97 Å². The summed E-state index contributed by atoms with van der Waals surface area (Å²) in [6, 6.07) is 0. The Bertz CT molecular complexity index is 338. The zero-order valence-electron chi connectivity index (χ0n) is 9.60. The van der Waals surface area contributed by atoms with Crippen LogP contribution in [0.1, 0.15) is 24.8 Å². The molecule has 3 atom stereocenters. The Morgan fingerprint density at radius 1 is 1.19 bits per heavy atom. The maximum absolute atomic E-state index is 4.11. The van der Waals surface area contributed by atoms with E-state index in [9.17, 15) is 0 Å². The van der Waals surface area contributed by atoms with Crippen molar-refractivity contribution in [1.29, 1.82) is 0 Å². The normalized spacial score (nSPS) is 33.6. The van der Waals surface area contributed by atoms with E-state index in [0.717, 1.165) is 17.8 Å². The second kappa shape index (κ2) is 4.50. The Balaban J connectivity index is 1.70. The molecule has 2 aliphatic rings. The number of hydrogen-bond acceptors (Lipinski definition) is 3. The summed E-state index contributed by atoms with van der Waals surface area (Å²) in [6.07, 6.45) is 10.9. The van der Waals surface area contributed by atoms with Gasteiger partial charge >= 0.3 is 0 Å². The molecule has 2 heterocycles. The van der Waals surface area contributed by atoms with Crippen LogP contribution >= 0.6 is 0 Å². The summed E-state index contributed by atoms with van der Waals surface area (Å²) in [5.41, 5.74) is 1.31. The molecule has 16 heavy (non-hydrogen) atoms. The smallest absolute Gasteiger partial charge is 0.115 e. The fourth-order valence-corrected chi connectivity index (χ4v) is 3.47. The Hall–Kier alpha value is -0.960. The molecule has 2 fully saturated rings. The van der Waals surface area contributed by atoms with Gasteiger partial charge in [0.15, 0.2) is 0 Å². The number of rotatable bonds is 2. The molecule has 1 aromatic heterocycles. The molecule has 1 saturated carbocycles. The van der Waals surface area contributed by atoms with E-state index in [0.29, 0.717) is 0 Å². The highest BCUT2D eigenvalue weighted by atomic mass is 14.9. The van der Waals surface area contributed by atoms with Gasteiger partial charge < -0.3 is 5.32 Å². The Kier molecular flexibility index (Phi) is 2.87. The van der Waals surface area contributed by atoms with E-state index in [-0.39, 0.29) is 0 Å². The predicted molar refractivity (Wildman–Crippen MR) is 62.9 cm³/mol. The summed E-state index contributed by atoms with van der Waals surface area (Å²) in [4.78, 5) is 8.22. The second-order valence-corrected chi connectivity index (χ2v) is 5.22. The van der Waals surface area contributed by atoms with Crippen molar-refractivity contribution in [2.75, 3.05) is 13.1 Å². The Labute approximate surface area is 96.7 Å². The van der Waals surface area contributed by atoms with Crippen LogP contribution in [0.2, 0.25) is 0 Å². The van der Waals surface area contributed by atoms with Crippen LogP contribution in [0.25, 0.3) is 0 Å². The minimum Gasteiger partial charge on any atom is -0.316 e. The molecule has 3 heteroatoms. The van der Waals surface area contributed by atoms with Gasteiger partial charge in [0.05, 0.1) is 0 Å². The van der Waals surface area contributed by atoms with Gasteiger partial charge in [-0.1, -0.05) is 6.42 Å². The largest absolute Gasteiger partial charge is 0.316 e. The summed E-state index contributed by atoms with van der Waals surface area (Å²) in [5, 5.41) is 3.55. The number of nitrogens with one attached hydrogen (secondary N) is 1. The van der Waals surface area contributed by atoms with Gasteiger partial charge in [0.1, 0.15) is 6.33 Å². The number of nitrogens with zero attached hydrogens (tertiary/aromatic N) is 2. The molecule has 0 unspecified atom stereocenters. The first kappa shape index (κ1) is 10.2. The first-order chi connectivity index (χ1) is 7.93. The van der Waals surface area contributed by atoms with Crippen molar-refractivity contribution in [3.63, 3.8) is 0 Å². The maximum atomic E-state index is 4.11. The van der Waals surface area contributed by atoms with E-state index in [2.05, 4.69) is 15.3 Å². The van der Waals surface area contributed by atoms with E-state index in [4.69, 9.17) is 0 Å². The van der Waals surface area contributed by atoms with Crippen molar-refractivity contribution >= 4 is 0 Å². The highest BCUT2D eigenvalue weighted by Crippen LogP contribution is 2.38. The van der Waals surface area contributed by atoms with Gasteiger partial charge in [0.2, 0.25) is 0 Å². The van der Waals surface area contributed by atoms with Crippen LogP contribution in [-0.2, 0) is 6.42 Å². The lowest BCUT2D eigenvalue weighted by molar-refractivity contribution is 0.198. The lowest BCUT2D eigenvalue weighted by Gasteiger charge is -2.33. The average Bonchev–Trinajstić information content (AvgIpc) is 2.80. The topological polar surface area (TPSA) is 37.8 Å². The highest BCUT2D eigenvalue weighted by molar-refractivity contribution is 5.05. The molecule has 1 N–H and O–H groups in total. The van der Waals surface area contributed by atoms with Crippen LogP contribution in [0.3, 0.4) is 0 Å². The SMILES string of the molecule is c1ncc(C[C@H]2CCC[C@@H]3CNC[C@@H]32)cn1. The van der Waals surface area contributed by atoms with Gasteiger partial charge in [-0.2, -0.15) is 0 Å². The molecular weight excluding hydrogens is 198 g/mol. The van der Waals surface area contributed by atoms with E-state index in [1.807, 2.05) is 12.4 Å². The van der Waals surface area contributed by atoms with Crippen LogP contribution in [0.4, 0.5) is 0 Å². The molecule has 3 rings (SSSR count). The Morgan fingerprint density at radius 2 is 2.06 bits per heavy atom. The fourth-order valence-electron chi connectivity index (χ4n) is 3.47. The fraction of sp³-hybridized carbons (Fsp3) is 0.692. The minimum absolute atomic E-state index is 0.847. The van der Waals surface area contributed by atoms with Crippen LogP contribution in [0.5, 0.6) is 0 Å². The molecule has 0 amide bonds. The summed E-state index contributed by atoms with van der Waals surface area (Å²) >= 11 is 0. The van der Waals surface area contributed by atoms with Gasteiger partial charge in [0.25, 0.3) is 0 Å². The molecule has 0 radical (unpaired) electrons. The molecule has 0 aromatic carbocycles. The van der Waals surface area contributed by atoms with Crippen molar-refractivity contribution in [3.05, 3.63) is 24.3 Å². The van der Waals surface area contributed by atoms with E-state index >= 15 is 0 Å². The zero-order valence-corrected chi connectivity index (χ0v) is 9.60. The third-order valence-electron chi connectivity index (χ3n) is 4.26. The predicted octanol–water partition coefficient (Wildman–Crippen LogP) is 1.65.